The van der Waals surface area contributed by atoms with Gasteiger partial charge < -0.3 is 34.6 Å². The van der Waals surface area contributed by atoms with Gasteiger partial charge in [0.15, 0.2) is 0 Å². The molecule has 1 heterocycles. The molecule has 0 aliphatic carbocycles. The van der Waals surface area contributed by atoms with Crippen molar-refractivity contribution in [3.63, 3.8) is 0 Å². The van der Waals surface area contributed by atoms with E-state index in [0.717, 1.165) is 0 Å². The van der Waals surface area contributed by atoms with Crippen molar-refractivity contribution in [2.24, 2.45) is 0 Å². The van der Waals surface area contributed by atoms with Crippen LogP contribution in [0.25, 0.3) is 0 Å². The summed E-state index contributed by atoms with van der Waals surface area (Å²) < 4.78 is 48.0. The number of ether oxygens (including phenoxy) is 2. The van der Waals surface area contributed by atoms with Crippen molar-refractivity contribution in [1.82, 2.24) is 0 Å². The second kappa shape index (κ2) is 9.27. The lowest BCUT2D eigenvalue weighted by Gasteiger charge is -2.40. The van der Waals surface area contributed by atoms with Crippen molar-refractivity contribution in [3.05, 3.63) is 24.3 Å². The fourth-order valence-electron chi connectivity index (χ4n) is 2.57. The zero-order chi connectivity index (χ0) is 22.0. The quantitative estimate of drug-likeness (QED) is 0.282. The van der Waals surface area contributed by atoms with Gasteiger partial charge in [-0.25, -0.2) is 8.42 Å². The van der Waals surface area contributed by atoms with Crippen LogP contribution in [0.3, 0.4) is 0 Å². The van der Waals surface area contributed by atoms with Gasteiger partial charge >= 0.3 is 7.60 Å². The lowest BCUT2D eigenvalue weighted by Crippen LogP contribution is -2.59. The van der Waals surface area contributed by atoms with E-state index in [9.17, 15) is 28.3 Å². The van der Waals surface area contributed by atoms with Crippen molar-refractivity contribution in [1.29, 1.82) is 0 Å². The molecule has 13 heteroatoms. The van der Waals surface area contributed by atoms with E-state index >= 15 is 0 Å². The minimum Gasteiger partial charge on any atom is -0.462 e. The Hall–Kier alpha value is -1.24. The van der Waals surface area contributed by atoms with Gasteiger partial charge in [0.2, 0.25) is 16.3 Å². The predicted octanol–water partition coefficient (Wildman–Crippen LogP) is -0.409. The Bertz CT molecular complexity index is 825. The summed E-state index contributed by atoms with van der Waals surface area (Å²) in [4.78, 5) is 18.0. The van der Waals surface area contributed by atoms with E-state index in [0.29, 0.717) is 5.69 Å². The van der Waals surface area contributed by atoms with Crippen LogP contribution in [-0.2, 0) is 19.3 Å². The number of aliphatic hydroxyl groups is 3. The predicted molar refractivity (Wildman–Crippen MR) is 103 cm³/mol. The highest BCUT2D eigenvalue weighted by molar-refractivity contribution is 7.93. The van der Waals surface area contributed by atoms with Crippen LogP contribution in [0.2, 0.25) is 0 Å². The fraction of sp³-hybridized carbons (Fsp3) is 0.625. The first-order valence-corrected chi connectivity index (χ1v) is 12.2. The number of anilines is 1. The number of hydrogen-bond acceptors (Lipinski definition) is 8. The first kappa shape index (κ1) is 24.0. The first-order valence-electron chi connectivity index (χ1n) is 8.83. The maximum absolute atomic E-state index is 11.9. The summed E-state index contributed by atoms with van der Waals surface area (Å²) in [6, 6.07) is 5.69. The van der Waals surface area contributed by atoms with Crippen LogP contribution in [0.5, 0.6) is 5.75 Å². The third-order valence-corrected chi connectivity index (χ3v) is 6.96. The molecule has 1 aliphatic heterocycles. The fourth-order valence-corrected chi connectivity index (χ4v) is 3.86. The van der Waals surface area contributed by atoms with Crippen molar-refractivity contribution < 1.29 is 47.6 Å². The van der Waals surface area contributed by atoms with Gasteiger partial charge in [-0.15, -0.1) is 0 Å². The second-order valence-electron chi connectivity index (χ2n) is 7.03. The Labute approximate surface area is 168 Å². The summed E-state index contributed by atoms with van der Waals surface area (Å²) >= 11 is 0. The van der Waals surface area contributed by atoms with Crippen LogP contribution < -0.4 is 9.46 Å². The summed E-state index contributed by atoms with van der Waals surface area (Å²) in [5, 5.41) is 29.4. The molecule has 2 rings (SSSR count). The number of hydrogen-bond donors (Lipinski definition) is 6. The van der Waals surface area contributed by atoms with Gasteiger partial charge in [-0.05, 0) is 44.5 Å². The van der Waals surface area contributed by atoms with E-state index in [4.69, 9.17) is 19.3 Å². The topological polar surface area (TPSA) is 183 Å². The number of rotatable bonds is 8. The molecule has 1 saturated heterocycles. The molecular formula is C16H26NO10PS. The maximum atomic E-state index is 11.9. The van der Waals surface area contributed by atoms with E-state index in [1.54, 1.807) is 0 Å². The Kier molecular flexibility index (Phi) is 7.68. The molecule has 1 fully saturated rings. The molecule has 0 saturated carbocycles. The van der Waals surface area contributed by atoms with Crippen molar-refractivity contribution in [2.75, 3.05) is 10.9 Å². The van der Waals surface area contributed by atoms with Crippen molar-refractivity contribution >= 4 is 23.3 Å². The molecule has 1 aliphatic rings. The number of benzene rings is 1. The molecule has 0 bridgehead atoms. The molecule has 166 valence electrons. The van der Waals surface area contributed by atoms with E-state index in [1.807, 2.05) is 0 Å². The lowest BCUT2D eigenvalue weighted by atomic mass is 9.97. The van der Waals surface area contributed by atoms with Gasteiger partial charge in [-0.2, -0.15) is 0 Å². The SMILES string of the molecule is CC(C)S(=O)(=O)Nc1ccc(O[C@H]2O[C@H](CCP(=O)(O)O)[C@@H](O)[C@H](O)[C@@H]2O)cc1. The maximum Gasteiger partial charge on any atom is 0.325 e. The van der Waals surface area contributed by atoms with Crippen LogP contribution in [0.4, 0.5) is 5.69 Å². The average molecular weight is 455 g/mol. The Morgan fingerprint density at radius 1 is 1.10 bits per heavy atom. The van der Waals surface area contributed by atoms with E-state index in [-0.39, 0.29) is 12.2 Å². The smallest absolute Gasteiger partial charge is 0.325 e. The summed E-state index contributed by atoms with van der Waals surface area (Å²) in [5.74, 6) is 0.180. The summed E-state index contributed by atoms with van der Waals surface area (Å²) in [6.07, 6.45) is -8.22. The van der Waals surface area contributed by atoms with Crippen molar-refractivity contribution in [3.8, 4) is 5.75 Å². The second-order valence-corrected chi connectivity index (χ2v) is 11.0. The normalized spacial score (nSPS) is 28.3. The number of sulfonamides is 1. The van der Waals surface area contributed by atoms with Crippen LogP contribution in [0, 0.1) is 0 Å². The van der Waals surface area contributed by atoms with E-state index < -0.39 is 59.7 Å². The number of nitrogens with one attached hydrogen (secondary N) is 1. The van der Waals surface area contributed by atoms with Crippen LogP contribution >= 0.6 is 7.60 Å². The average Bonchev–Trinajstić information content (AvgIpc) is 2.61. The van der Waals surface area contributed by atoms with Gasteiger partial charge in [0.05, 0.1) is 17.5 Å². The Morgan fingerprint density at radius 3 is 2.21 bits per heavy atom. The highest BCUT2D eigenvalue weighted by Crippen LogP contribution is 2.37. The molecule has 0 radical (unpaired) electrons. The molecule has 1 aromatic rings. The van der Waals surface area contributed by atoms with E-state index in [1.165, 1.54) is 38.1 Å². The molecule has 6 N–H and O–H groups in total. The number of aliphatic hydroxyl groups excluding tert-OH is 3. The molecular weight excluding hydrogens is 429 g/mol. The molecule has 11 nitrogen and oxygen atoms in total. The molecule has 0 spiro atoms. The molecule has 1 aromatic carbocycles. The molecule has 0 amide bonds. The van der Waals surface area contributed by atoms with Gasteiger partial charge in [-0.1, -0.05) is 0 Å². The first-order chi connectivity index (χ1) is 13.3. The van der Waals surface area contributed by atoms with Gasteiger partial charge in [-0.3, -0.25) is 9.29 Å². The lowest BCUT2D eigenvalue weighted by molar-refractivity contribution is -0.272. The third kappa shape index (κ3) is 6.63. The summed E-state index contributed by atoms with van der Waals surface area (Å²) in [7, 11) is -7.86. The molecule has 29 heavy (non-hydrogen) atoms. The Morgan fingerprint density at radius 2 is 1.69 bits per heavy atom. The highest BCUT2D eigenvalue weighted by atomic mass is 32.2. The van der Waals surface area contributed by atoms with E-state index in [2.05, 4.69) is 4.72 Å². The summed E-state index contributed by atoms with van der Waals surface area (Å²) in [6.45, 7) is 3.06. The zero-order valence-corrected chi connectivity index (χ0v) is 17.5. The molecule has 0 aromatic heterocycles. The summed E-state index contributed by atoms with van der Waals surface area (Å²) in [5.41, 5.74) is 0.297. The van der Waals surface area contributed by atoms with Gasteiger partial charge in [0, 0.05) is 5.69 Å². The third-order valence-electron chi connectivity index (χ3n) is 4.36. The largest absolute Gasteiger partial charge is 0.462 e. The van der Waals surface area contributed by atoms with Gasteiger partial charge in [0.25, 0.3) is 0 Å². The van der Waals surface area contributed by atoms with Gasteiger partial charge in [0.1, 0.15) is 24.1 Å². The monoisotopic (exact) mass is 455 g/mol. The molecule has 5 atom stereocenters. The minimum atomic E-state index is -4.34. The van der Waals surface area contributed by atoms with Crippen LogP contribution in [0.15, 0.2) is 24.3 Å². The Balaban J connectivity index is 2.06. The van der Waals surface area contributed by atoms with Crippen LogP contribution in [0.1, 0.15) is 20.3 Å². The van der Waals surface area contributed by atoms with Crippen molar-refractivity contribution in [2.45, 2.75) is 56.2 Å². The minimum absolute atomic E-state index is 0.180. The van der Waals surface area contributed by atoms with Crippen LogP contribution in [-0.4, -0.2) is 75.6 Å². The zero-order valence-electron chi connectivity index (χ0n) is 15.8. The molecule has 0 unspecified atom stereocenters. The highest BCUT2D eigenvalue weighted by Gasteiger charge is 2.45. The standard InChI is InChI=1S/C16H26NO10PS/c1-9(2)29(24,25)17-10-3-5-11(6-4-10)26-16-15(20)14(19)13(18)12(27-16)7-8-28(21,22)23/h3-6,9,12-20H,7-8H2,1-2H3,(H2,21,22,23)/t12-,13-,14+,15+,16+/m1/s1.